The maximum Gasteiger partial charge on any atom is 0.112 e. The second-order valence-corrected chi connectivity index (χ2v) is 6.01. The molecule has 0 spiro atoms. The highest BCUT2D eigenvalue weighted by atomic mass is 16.6. The standard InChI is InChI=1S/C15H30O5/c1-9(2)19-12-7-11(8-17-5)14(20-10(3)4)13(16)15(12)18-6/h9-16H,7-8H2,1-6H3/t11-,12-,13+,14-,15-/m1/s1. The minimum Gasteiger partial charge on any atom is -0.388 e. The predicted octanol–water partition coefficient (Wildman–Crippen LogP) is 1.62. The van der Waals surface area contributed by atoms with Crippen LogP contribution in [-0.2, 0) is 18.9 Å². The SMILES string of the molecule is COC[C@H]1C[C@@H](OC(C)C)[C@@H](OC)[C@@H](O)[C@@H]1OC(C)C. The van der Waals surface area contributed by atoms with E-state index in [-0.39, 0.29) is 36.4 Å². The Hall–Kier alpha value is -0.200. The normalized spacial score (nSPS) is 35.0. The average Bonchev–Trinajstić information content (AvgIpc) is 2.33. The maximum atomic E-state index is 10.6. The number of hydrogen-bond donors (Lipinski definition) is 1. The molecule has 0 aliphatic heterocycles. The van der Waals surface area contributed by atoms with Gasteiger partial charge >= 0.3 is 0 Å². The molecule has 5 nitrogen and oxygen atoms in total. The van der Waals surface area contributed by atoms with Gasteiger partial charge in [-0.2, -0.15) is 0 Å². The summed E-state index contributed by atoms with van der Waals surface area (Å²) in [5.41, 5.74) is 0. The van der Waals surface area contributed by atoms with E-state index in [1.807, 2.05) is 27.7 Å². The third-order valence-electron chi connectivity index (χ3n) is 3.57. The van der Waals surface area contributed by atoms with Crippen molar-refractivity contribution in [3.8, 4) is 0 Å². The van der Waals surface area contributed by atoms with Crippen molar-refractivity contribution in [2.24, 2.45) is 5.92 Å². The minimum atomic E-state index is -0.708. The van der Waals surface area contributed by atoms with Gasteiger partial charge < -0.3 is 24.1 Å². The van der Waals surface area contributed by atoms with Crippen molar-refractivity contribution < 1.29 is 24.1 Å². The first-order valence-corrected chi connectivity index (χ1v) is 7.41. The van der Waals surface area contributed by atoms with Gasteiger partial charge in [-0.25, -0.2) is 0 Å². The molecule has 0 unspecified atom stereocenters. The molecular formula is C15H30O5. The Balaban J connectivity index is 2.85. The van der Waals surface area contributed by atoms with Gasteiger partial charge in [0.25, 0.3) is 0 Å². The molecule has 0 aromatic heterocycles. The molecule has 0 bridgehead atoms. The van der Waals surface area contributed by atoms with E-state index in [0.717, 1.165) is 6.42 Å². The molecule has 1 aliphatic carbocycles. The average molecular weight is 290 g/mol. The molecule has 20 heavy (non-hydrogen) atoms. The predicted molar refractivity (Wildman–Crippen MR) is 76.8 cm³/mol. The Labute approximate surface area is 122 Å². The number of aliphatic hydroxyl groups is 1. The van der Waals surface area contributed by atoms with Crippen molar-refractivity contribution in [1.29, 1.82) is 0 Å². The lowest BCUT2D eigenvalue weighted by atomic mass is 9.80. The van der Waals surface area contributed by atoms with E-state index in [1.165, 1.54) is 0 Å². The van der Waals surface area contributed by atoms with E-state index in [4.69, 9.17) is 18.9 Å². The zero-order valence-electron chi connectivity index (χ0n) is 13.5. The molecule has 0 aromatic carbocycles. The number of methoxy groups -OCH3 is 2. The molecule has 5 atom stereocenters. The van der Waals surface area contributed by atoms with Crippen LogP contribution in [0, 0.1) is 5.92 Å². The van der Waals surface area contributed by atoms with Crippen LogP contribution in [0.15, 0.2) is 0 Å². The lowest BCUT2D eigenvalue weighted by molar-refractivity contribution is -0.215. The summed E-state index contributed by atoms with van der Waals surface area (Å²) >= 11 is 0. The van der Waals surface area contributed by atoms with Crippen LogP contribution in [0.25, 0.3) is 0 Å². The topological polar surface area (TPSA) is 57.2 Å². The third kappa shape index (κ3) is 4.67. The van der Waals surface area contributed by atoms with Crippen LogP contribution in [0.2, 0.25) is 0 Å². The second-order valence-electron chi connectivity index (χ2n) is 6.01. The summed E-state index contributed by atoms with van der Waals surface area (Å²) in [4.78, 5) is 0. The first kappa shape index (κ1) is 17.9. The summed E-state index contributed by atoms with van der Waals surface area (Å²) in [6, 6.07) is 0. The van der Waals surface area contributed by atoms with Crippen LogP contribution in [0.5, 0.6) is 0 Å². The number of rotatable bonds is 7. The minimum absolute atomic E-state index is 0.0501. The fraction of sp³-hybridized carbons (Fsp3) is 1.00. The van der Waals surface area contributed by atoms with Crippen LogP contribution < -0.4 is 0 Å². The summed E-state index contributed by atoms with van der Waals surface area (Å²) in [7, 11) is 3.27. The second kappa shape index (κ2) is 8.29. The van der Waals surface area contributed by atoms with Crippen LogP contribution >= 0.6 is 0 Å². The van der Waals surface area contributed by atoms with Crippen LogP contribution in [-0.4, -0.2) is 62.6 Å². The molecule has 0 amide bonds. The molecule has 1 N–H and O–H groups in total. The van der Waals surface area contributed by atoms with Crippen molar-refractivity contribution in [2.75, 3.05) is 20.8 Å². The fourth-order valence-electron chi connectivity index (χ4n) is 2.91. The maximum absolute atomic E-state index is 10.6. The summed E-state index contributed by atoms with van der Waals surface area (Å²) < 4.78 is 22.5. The van der Waals surface area contributed by atoms with E-state index in [1.54, 1.807) is 14.2 Å². The van der Waals surface area contributed by atoms with E-state index < -0.39 is 6.10 Å². The zero-order valence-corrected chi connectivity index (χ0v) is 13.5. The Kier molecular flexibility index (Phi) is 7.40. The highest BCUT2D eigenvalue weighted by molar-refractivity contribution is 4.95. The molecule has 1 fully saturated rings. The van der Waals surface area contributed by atoms with Crippen molar-refractivity contribution in [2.45, 2.75) is 70.7 Å². The van der Waals surface area contributed by atoms with Gasteiger partial charge in [-0.05, 0) is 34.1 Å². The van der Waals surface area contributed by atoms with Gasteiger partial charge in [0.15, 0.2) is 0 Å². The molecule has 120 valence electrons. The highest BCUT2D eigenvalue weighted by Crippen LogP contribution is 2.32. The first-order chi connectivity index (χ1) is 9.40. The van der Waals surface area contributed by atoms with E-state index in [2.05, 4.69) is 0 Å². The lowest BCUT2D eigenvalue weighted by Gasteiger charge is -2.44. The van der Waals surface area contributed by atoms with Crippen LogP contribution in [0.3, 0.4) is 0 Å². The van der Waals surface area contributed by atoms with Gasteiger partial charge in [-0.3, -0.25) is 0 Å². The largest absolute Gasteiger partial charge is 0.388 e. The third-order valence-corrected chi connectivity index (χ3v) is 3.57. The molecule has 1 rings (SSSR count). The van der Waals surface area contributed by atoms with Gasteiger partial charge in [0.05, 0.1) is 31.0 Å². The van der Waals surface area contributed by atoms with Crippen LogP contribution in [0.1, 0.15) is 34.1 Å². The first-order valence-electron chi connectivity index (χ1n) is 7.41. The van der Waals surface area contributed by atoms with Crippen LogP contribution in [0.4, 0.5) is 0 Å². The van der Waals surface area contributed by atoms with E-state index >= 15 is 0 Å². The van der Waals surface area contributed by atoms with Gasteiger partial charge in [-0.15, -0.1) is 0 Å². The van der Waals surface area contributed by atoms with Crippen molar-refractivity contribution >= 4 is 0 Å². The molecule has 1 saturated carbocycles. The number of ether oxygens (including phenoxy) is 4. The van der Waals surface area contributed by atoms with Crippen molar-refractivity contribution in [3.05, 3.63) is 0 Å². The van der Waals surface area contributed by atoms with E-state index in [0.29, 0.717) is 6.61 Å². The number of aliphatic hydroxyl groups excluding tert-OH is 1. The van der Waals surface area contributed by atoms with Crippen molar-refractivity contribution in [3.63, 3.8) is 0 Å². The van der Waals surface area contributed by atoms with Gasteiger partial charge in [-0.1, -0.05) is 0 Å². The molecule has 0 radical (unpaired) electrons. The quantitative estimate of drug-likeness (QED) is 0.772. The molecule has 0 heterocycles. The lowest BCUT2D eigenvalue weighted by Crippen LogP contribution is -2.57. The number of hydrogen-bond acceptors (Lipinski definition) is 5. The van der Waals surface area contributed by atoms with Gasteiger partial charge in [0.2, 0.25) is 0 Å². The Morgan fingerprint density at radius 2 is 1.60 bits per heavy atom. The summed E-state index contributed by atoms with van der Waals surface area (Å²) in [6.45, 7) is 8.45. The fourth-order valence-corrected chi connectivity index (χ4v) is 2.91. The zero-order chi connectivity index (χ0) is 15.3. The monoisotopic (exact) mass is 290 g/mol. The molecule has 5 heteroatoms. The van der Waals surface area contributed by atoms with Gasteiger partial charge in [0.1, 0.15) is 12.2 Å². The van der Waals surface area contributed by atoms with Crippen molar-refractivity contribution in [1.82, 2.24) is 0 Å². The molecule has 0 saturated heterocycles. The smallest absolute Gasteiger partial charge is 0.112 e. The molecule has 1 aliphatic rings. The Morgan fingerprint density at radius 3 is 2.05 bits per heavy atom. The Bertz CT molecular complexity index is 267. The molecule has 0 aromatic rings. The molecular weight excluding hydrogens is 260 g/mol. The van der Waals surface area contributed by atoms with E-state index in [9.17, 15) is 5.11 Å². The highest BCUT2D eigenvalue weighted by Gasteiger charge is 2.46. The summed E-state index contributed by atoms with van der Waals surface area (Å²) in [6.07, 6.45) is -0.591. The Morgan fingerprint density at radius 1 is 1.00 bits per heavy atom. The summed E-state index contributed by atoms with van der Waals surface area (Å²) in [5, 5.41) is 10.6. The van der Waals surface area contributed by atoms with Gasteiger partial charge in [0, 0.05) is 20.1 Å². The summed E-state index contributed by atoms with van der Waals surface area (Å²) in [5.74, 6) is 0.104.